The minimum absolute atomic E-state index is 0.345. The van der Waals surface area contributed by atoms with Crippen LogP contribution in [0, 0.1) is 12.7 Å². The molecule has 28 heavy (non-hydrogen) atoms. The second kappa shape index (κ2) is 7.53. The third kappa shape index (κ3) is 4.18. The van der Waals surface area contributed by atoms with Gasteiger partial charge in [0.1, 0.15) is 5.82 Å². The summed E-state index contributed by atoms with van der Waals surface area (Å²) in [5, 5.41) is 12.0. The highest BCUT2D eigenvalue weighted by Gasteiger charge is 2.31. The average Bonchev–Trinajstić information content (AvgIpc) is 2.58. The van der Waals surface area contributed by atoms with E-state index >= 15 is 0 Å². The summed E-state index contributed by atoms with van der Waals surface area (Å²) in [6.45, 7) is 7.27. The van der Waals surface area contributed by atoms with Crippen molar-refractivity contribution < 1.29 is 19.0 Å². The molecule has 3 aromatic carbocycles. The molecule has 5 heteroatoms. The number of carboxylic acid groups (broad SMARTS) is 1. The third-order valence-corrected chi connectivity index (χ3v) is 4.69. The van der Waals surface area contributed by atoms with E-state index < -0.39 is 17.7 Å². The minimum Gasteiger partial charge on any atom is -0.479 e. The number of halogens is 2. The quantitative estimate of drug-likeness (QED) is 0.540. The van der Waals surface area contributed by atoms with Crippen molar-refractivity contribution in [1.29, 1.82) is 0 Å². The molecule has 0 radical (unpaired) electrons. The van der Waals surface area contributed by atoms with Gasteiger partial charge >= 0.3 is 5.97 Å². The third-order valence-electron chi connectivity index (χ3n) is 4.44. The van der Waals surface area contributed by atoms with Crippen LogP contribution in [0.5, 0.6) is 0 Å². The predicted molar refractivity (Wildman–Crippen MR) is 110 cm³/mol. The lowest BCUT2D eigenvalue weighted by Crippen LogP contribution is -2.28. The van der Waals surface area contributed by atoms with Gasteiger partial charge in [0, 0.05) is 10.6 Å². The van der Waals surface area contributed by atoms with Crippen molar-refractivity contribution in [2.75, 3.05) is 0 Å². The summed E-state index contributed by atoms with van der Waals surface area (Å²) in [7, 11) is 0. The Morgan fingerprint density at radius 2 is 1.75 bits per heavy atom. The maximum Gasteiger partial charge on any atom is 0.337 e. The smallest absolute Gasteiger partial charge is 0.337 e. The van der Waals surface area contributed by atoms with Gasteiger partial charge in [-0.1, -0.05) is 35.9 Å². The summed E-state index contributed by atoms with van der Waals surface area (Å²) in [6.07, 6.45) is -1.17. The fourth-order valence-corrected chi connectivity index (χ4v) is 3.51. The second-order valence-electron chi connectivity index (χ2n) is 7.80. The molecule has 0 amide bonds. The van der Waals surface area contributed by atoms with Crippen LogP contribution in [0.2, 0.25) is 5.02 Å². The first-order valence-corrected chi connectivity index (χ1v) is 9.34. The van der Waals surface area contributed by atoms with Crippen LogP contribution in [0.25, 0.3) is 21.9 Å². The number of hydrogen-bond donors (Lipinski definition) is 1. The monoisotopic (exact) mass is 400 g/mol. The van der Waals surface area contributed by atoms with Crippen LogP contribution in [0.3, 0.4) is 0 Å². The van der Waals surface area contributed by atoms with E-state index in [0.717, 1.165) is 16.5 Å². The Morgan fingerprint density at radius 3 is 2.32 bits per heavy atom. The first-order valence-electron chi connectivity index (χ1n) is 8.96. The molecule has 0 aromatic heterocycles. The highest BCUT2D eigenvalue weighted by atomic mass is 35.5. The molecule has 0 saturated heterocycles. The van der Waals surface area contributed by atoms with Crippen LogP contribution in [-0.4, -0.2) is 16.7 Å². The molecule has 0 bridgehead atoms. The largest absolute Gasteiger partial charge is 0.479 e. The molecule has 3 nitrogen and oxygen atoms in total. The number of carbonyl (C=O) groups is 1. The van der Waals surface area contributed by atoms with Crippen molar-refractivity contribution in [3.8, 4) is 11.1 Å². The first kappa shape index (κ1) is 20.3. The van der Waals surface area contributed by atoms with E-state index in [1.807, 2.05) is 39.8 Å². The van der Waals surface area contributed by atoms with Gasteiger partial charge in [0.05, 0.1) is 5.60 Å². The van der Waals surface area contributed by atoms with E-state index in [4.69, 9.17) is 16.3 Å². The lowest BCUT2D eigenvalue weighted by molar-refractivity contribution is -0.160. The van der Waals surface area contributed by atoms with Crippen LogP contribution in [-0.2, 0) is 9.53 Å². The zero-order valence-electron chi connectivity index (χ0n) is 16.2. The Morgan fingerprint density at radius 1 is 1.11 bits per heavy atom. The van der Waals surface area contributed by atoms with Crippen molar-refractivity contribution in [3.05, 3.63) is 70.5 Å². The molecular formula is C23H22ClFO3. The Labute approximate surface area is 168 Å². The highest BCUT2D eigenvalue weighted by molar-refractivity contribution is 6.30. The van der Waals surface area contributed by atoms with Gasteiger partial charge in [0.2, 0.25) is 0 Å². The topological polar surface area (TPSA) is 46.5 Å². The zero-order chi connectivity index (χ0) is 20.6. The second-order valence-corrected chi connectivity index (χ2v) is 8.24. The van der Waals surface area contributed by atoms with E-state index in [2.05, 4.69) is 0 Å². The molecular weight excluding hydrogens is 379 g/mol. The number of benzene rings is 3. The molecule has 1 unspecified atom stereocenters. The predicted octanol–water partition coefficient (Wildman–Crippen LogP) is 6.55. The Bertz CT molecular complexity index is 1040. The molecule has 0 aliphatic carbocycles. The normalized spacial score (nSPS) is 12.9. The van der Waals surface area contributed by atoms with E-state index in [0.29, 0.717) is 21.5 Å². The molecule has 146 valence electrons. The number of aryl methyl sites for hydroxylation is 1. The summed E-state index contributed by atoms with van der Waals surface area (Å²) >= 11 is 6.04. The molecule has 0 fully saturated rings. The molecule has 1 N–H and O–H groups in total. The number of hydrogen-bond acceptors (Lipinski definition) is 2. The zero-order valence-corrected chi connectivity index (χ0v) is 17.0. The van der Waals surface area contributed by atoms with Crippen molar-refractivity contribution in [2.45, 2.75) is 39.4 Å². The Balaban J connectivity index is 2.39. The van der Waals surface area contributed by atoms with Crippen LogP contribution in [0.1, 0.15) is 38.0 Å². The van der Waals surface area contributed by atoms with Crippen molar-refractivity contribution in [1.82, 2.24) is 0 Å². The number of fused-ring (bicyclic) bond motifs is 1. The number of aliphatic carboxylic acids is 1. The summed E-state index contributed by atoms with van der Waals surface area (Å²) in [5.74, 6) is -1.42. The van der Waals surface area contributed by atoms with Crippen molar-refractivity contribution in [2.24, 2.45) is 0 Å². The van der Waals surface area contributed by atoms with E-state index in [9.17, 15) is 14.3 Å². The van der Waals surface area contributed by atoms with E-state index in [1.165, 1.54) is 12.1 Å². The lowest BCUT2D eigenvalue weighted by atomic mass is 9.87. The lowest BCUT2D eigenvalue weighted by Gasteiger charge is -2.28. The molecule has 3 aromatic rings. The molecule has 3 rings (SSSR count). The fraction of sp³-hybridized carbons (Fsp3) is 0.261. The number of rotatable bonds is 4. The maximum absolute atomic E-state index is 13.8. The fourth-order valence-electron chi connectivity index (χ4n) is 3.39. The SMILES string of the molecule is Cc1cc2cc(F)ccc2c(-c2ccc(Cl)cc2)c1C(OC(C)(C)C)C(=O)O. The van der Waals surface area contributed by atoms with Crippen molar-refractivity contribution >= 4 is 28.3 Å². The van der Waals surface area contributed by atoms with Crippen LogP contribution in [0.15, 0.2) is 48.5 Å². The summed E-state index contributed by atoms with van der Waals surface area (Å²) < 4.78 is 19.8. The van der Waals surface area contributed by atoms with Gasteiger partial charge in [0.15, 0.2) is 6.10 Å². The van der Waals surface area contributed by atoms with Crippen LogP contribution < -0.4 is 0 Å². The van der Waals surface area contributed by atoms with E-state index in [1.54, 1.807) is 24.3 Å². The van der Waals surface area contributed by atoms with Crippen LogP contribution >= 0.6 is 11.6 Å². The Kier molecular flexibility index (Phi) is 5.46. The molecule has 0 aliphatic rings. The highest BCUT2D eigenvalue weighted by Crippen LogP contribution is 2.40. The molecule has 0 aliphatic heterocycles. The van der Waals surface area contributed by atoms with Gasteiger partial charge in [-0.3, -0.25) is 0 Å². The molecule has 0 heterocycles. The summed E-state index contributed by atoms with van der Waals surface area (Å²) in [4.78, 5) is 12.2. The number of carboxylic acids is 1. The summed E-state index contributed by atoms with van der Waals surface area (Å²) in [5.41, 5.74) is 2.13. The van der Waals surface area contributed by atoms with Crippen LogP contribution in [0.4, 0.5) is 4.39 Å². The number of ether oxygens (including phenoxy) is 1. The van der Waals surface area contributed by atoms with Gasteiger partial charge in [-0.25, -0.2) is 9.18 Å². The standard InChI is InChI=1S/C23H22ClFO3/c1-13-11-15-12-17(25)9-10-18(15)20(14-5-7-16(24)8-6-14)19(13)21(22(26)27)28-23(2,3)4/h5-12,21H,1-4H3,(H,26,27). The average molecular weight is 401 g/mol. The molecule has 0 spiro atoms. The van der Waals surface area contributed by atoms with Gasteiger partial charge in [-0.2, -0.15) is 0 Å². The molecule has 0 saturated carbocycles. The van der Waals surface area contributed by atoms with Gasteiger partial charge in [-0.15, -0.1) is 0 Å². The Hall–Kier alpha value is -2.43. The first-order chi connectivity index (χ1) is 13.1. The minimum atomic E-state index is -1.17. The maximum atomic E-state index is 13.8. The van der Waals surface area contributed by atoms with E-state index in [-0.39, 0.29) is 5.82 Å². The van der Waals surface area contributed by atoms with Gasteiger partial charge < -0.3 is 9.84 Å². The van der Waals surface area contributed by atoms with Gasteiger partial charge in [0.25, 0.3) is 0 Å². The van der Waals surface area contributed by atoms with Gasteiger partial charge in [-0.05, 0) is 79.4 Å². The molecule has 1 atom stereocenters. The van der Waals surface area contributed by atoms with Crippen molar-refractivity contribution in [3.63, 3.8) is 0 Å². The summed E-state index contributed by atoms with van der Waals surface area (Å²) in [6, 6.07) is 13.5.